The number of fused-ring (bicyclic) bond motifs is 2. The summed E-state index contributed by atoms with van der Waals surface area (Å²) < 4.78 is 0. The molecule has 0 saturated heterocycles. The summed E-state index contributed by atoms with van der Waals surface area (Å²) in [6, 6.07) is 15.0. The maximum atomic E-state index is 6.57. The molecule has 2 aromatic rings. The molecule has 104 valence electrons. The van der Waals surface area contributed by atoms with Crippen molar-refractivity contribution in [1.29, 1.82) is 0 Å². The van der Waals surface area contributed by atoms with E-state index >= 15 is 0 Å². The minimum Gasteiger partial charge on any atom is -0.372 e. The minimum absolute atomic E-state index is 0.0285. The molecule has 0 aromatic heterocycles. The Hall–Kier alpha value is -1.45. The fourth-order valence-electron chi connectivity index (χ4n) is 2.88. The van der Waals surface area contributed by atoms with Crippen LogP contribution in [0.3, 0.4) is 0 Å². The highest BCUT2D eigenvalue weighted by Gasteiger charge is 2.26. The van der Waals surface area contributed by atoms with Crippen LogP contribution >= 0.6 is 11.8 Å². The average molecular weight is 284 g/mol. The highest BCUT2D eigenvalue weighted by molar-refractivity contribution is 7.99. The first-order chi connectivity index (χ1) is 9.76. The Kier molecular flexibility index (Phi) is 3.72. The third-order valence-corrected chi connectivity index (χ3v) is 5.10. The van der Waals surface area contributed by atoms with Gasteiger partial charge >= 0.3 is 0 Å². The standard InChI is InChI=1S/C17H20N2S/c1-3-19(4-2)13-9-7-11-15-16(13)17(18)12-8-5-6-10-14(12)20-15/h5-11,17H,3-4,18H2,1-2H3. The van der Waals surface area contributed by atoms with Crippen LogP contribution in [-0.4, -0.2) is 13.1 Å². The lowest BCUT2D eigenvalue weighted by molar-refractivity contribution is 0.785. The van der Waals surface area contributed by atoms with Gasteiger partial charge in [0.25, 0.3) is 0 Å². The summed E-state index contributed by atoms with van der Waals surface area (Å²) in [5, 5.41) is 0. The molecule has 0 fully saturated rings. The molecule has 0 saturated carbocycles. The summed E-state index contributed by atoms with van der Waals surface area (Å²) in [5.41, 5.74) is 10.4. The van der Waals surface area contributed by atoms with Gasteiger partial charge in [-0.05, 0) is 37.6 Å². The third-order valence-electron chi connectivity index (χ3n) is 3.93. The number of hydrogen-bond donors (Lipinski definition) is 1. The number of nitrogens with two attached hydrogens (primary N) is 1. The average Bonchev–Trinajstić information content (AvgIpc) is 2.49. The van der Waals surface area contributed by atoms with Crippen molar-refractivity contribution < 1.29 is 0 Å². The van der Waals surface area contributed by atoms with E-state index in [-0.39, 0.29) is 6.04 Å². The molecule has 1 atom stereocenters. The second kappa shape index (κ2) is 5.51. The van der Waals surface area contributed by atoms with Gasteiger partial charge in [-0.1, -0.05) is 36.0 Å². The van der Waals surface area contributed by atoms with Crippen LogP contribution in [0.1, 0.15) is 31.0 Å². The van der Waals surface area contributed by atoms with Crippen LogP contribution < -0.4 is 10.6 Å². The predicted molar refractivity (Wildman–Crippen MR) is 86.6 cm³/mol. The molecule has 1 aliphatic rings. The van der Waals surface area contributed by atoms with Crippen molar-refractivity contribution in [3.05, 3.63) is 53.6 Å². The molecule has 1 unspecified atom stereocenters. The Morgan fingerprint density at radius 3 is 2.45 bits per heavy atom. The van der Waals surface area contributed by atoms with Gasteiger partial charge in [0, 0.05) is 34.1 Å². The summed E-state index contributed by atoms with van der Waals surface area (Å²) in [4.78, 5) is 4.96. The SMILES string of the molecule is CCN(CC)c1cccc2c1C(N)c1ccccc1S2. The van der Waals surface area contributed by atoms with Gasteiger partial charge in [-0.15, -0.1) is 0 Å². The number of benzene rings is 2. The largest absolute Gasteiger partial charge is 0.372 e. The second-order valence-electron chi connectivity index (χ2n) is 4.98. The number of anilines is 1. The van der Waals surface area contributed by atoms with Crippen LogP contribution in [0.2, 0.25) is 0 Å². The van der Waals surface area contributed by atoms with Crippen molar-refractivity contribution in [1.82, 2.24) is 0 Å². The van der Waals surface area contributed by atoms with E-state index in [0.29, 0.717) is 0 Å². The van der Waals surface area contributed by atoms with E-state index < -0.39 is 0 Å². The Bertz CT molecular complexity index is 620. The Morgan fingerprint density at radius 2 is 1.70 bits per heavy atom. The first-order valence-electron chi connectivity index (χ1n) is 7.16. The van der Waals surface area contributed by atoms with Crippen molar-refractivity contribution >= 4 is 17.4 Å². The number of hydrogen-bond acceptors (Lipinski definition) is 3. The van der Waals surface area contributed by atoms with Crippen molar-refractivity contribution in [3.63, 3.8) is 0 Å². The number of nitrogens with zero attached hydrogens (tertiary/aromatic N) is 1. The van der Waals surface area contributed by atoms with Gasteiger partial charge in [0.2, 0.25) is 0 Å². The molecular formula is C17H20N2S. The van der Waals surface area contributed by atoms with E-state index in [1.807, 2.05) is 11.8 Å². The fourth-order valence-corrected chi connectivity index (χ4v) is 4.06. The smallest absolute Gasteiger partial charge is 0.0594 e. The monoisotopic (exact) mass is 284 g/mol. The summed E-state index contributed by atoms with van der Waals surface area (Å²) in [7, 11) is 0. The van der Waals surface area contributed by atoms with Crippen LogP contribution in [0.25, 0.3) is 0 Å². The predicted octanol–water partition coefficient (Wildman–Crippen LogP) is 4.05. The van der Waals surface area contributed by atoms with Crippen molar-refractivity contribution in [2.24, 2.45) is 5.73 Å². The van der Waals surface area contributed by atoms with Crippen molar-refractivity contribution in [3.8, 4) is 0 Å². The molecule has 20 heavy (non-hydrogen) atoms. The molecule has 1 heterocycles. The summed E-state index contributed by atoms with van der Waals surface area (Å²) in [5.74, 6) is 0. The molecule has 0 aliphatic carbocycles. The molecule has 1 aliphatic heterocycles. The Balaban J connectivity index is 2.14. The first kappa shape index (κ1) is 13.5. The fraction of sp³-hybridized carbons (Fsp3) is 0.294. The van der Waals surface area contributed by atoms with Crippen LogP contribution in [0.4, 0.5) is 5.69 Å². The number of rotatable bonds is 3. The van der Waals surface area contributed by atoms with Gasteiger partial charge in [0.1, 0.15) is 0 Å². The highest BCUT2D eigenvalue weighted by atomic mass is 32.2. The van der Waals surface area contributed by atoms with Crippen LogP contribution in [0, 0.1) is 0 Å². The summed E-state index contributed by atoms with van der Waals surface area (Å²) in [6.07, 6.45) is 0. The molecule has 0 radical (unpaired) electrons. The van der Waals surface area contributed by atoms with Crippen molar-refractivity contribution in [2.75, 3.05) is 18.0 Å². The molecule has 3 rings (SSSR count). The van der Waals surface area contributed by atoms with E-state index in [1.165, 1.54) is 26.6 Å². The van der Waals surface area contributed by atoms with Gasteiger partial charge in [-0.25, -0.2) is 0 Å². The molecule has 2 nitrogen and oxygen atoms in total. The quantitative estimate of drug-likeness (QED) is 0.922. The first-order valence-corrected chi connectivity index (χ1v) is 7.98. The molecule has 0 spiro atoms. The molecule has 3 heteroatoms. The summed E-state index contributed by atoms with van der Waals surface area (Å²) >= 11 is 1.83. The zero-order chi connectivity index (χ0) is 14.1. The van der Waals surface area contributed by atoms with Gasteiger partial charge in [0.05, 0.1) is 6.04 Å². The lowest BCUT2D eigenvalue weighted by atomic mass is 9.96. The highest BCUT2D eigenvalue weighted by Crippen LogP contribution is 2.47. The van der Waals surface area contributed by atoms with Gasteiger partial charge < -0.3 is 10.6 Å². The van der Waals surface area contributed by atoms with Gasteiger partial charge in [-0.2, -0.15) is 0 Å². The van der Waals surface area contributed by atoms with E-state index in [4.69, 9.17) is 5.73 Å². The second-order valence-corrected chi connectivity index (χ2v) is 6.06. The molecule has 2 N–H and O–H groups in total. The topological polar surface area (TPSA) is 29.3 Å². The normalized spacial score (nSPS) is 16.4. The van der Waals surface area contributed by atoms with Gasteiger partial charge in [-0.3, -0.25) is 0 Å². The summed E-state index contributed by atoms with van der Waals surface area (Å²) in [6.45, 7) is 6.40. The molecular weight excluding hydrogens is 264 g/mol. The maximum Gasteiger partial charge on any atom is 0.0594 e. The molecule has 2 aromatic carbocycles. The maximum absolute atomic E-state index is 6.57. The van der Waals surface area contributed by atoms with E-state index in [2.05, 4.69) is 61.2 Å². The van der Waals surface area contributed by atoms with Crippen LogP contribution in [0.5, 0.6) is 0 Å². The third kappa shape index (κ3) is 2.11. The molecule has 0 amide bonds. The lowest BCUT2D eigenvalue weighted by Crippen LogP contribution is -2.27. The van der Waals surface area contributed by atoms with Crippen LogP contribution in [0.15, 0.2) is 52.3 Å². The van der Waals surface area contributed by atoms with E-state index in [0.717, 1.165) is 13.1 Å². The zero-order valence-corrected chi connectivity index (χ0v) is 12.8. The van der Waals surface area contributed by atoms with E-state index in [1.54, 1.807) is 0 Å². The molecule has 0 bridgehead atoms. The van der Waals surface area contributed by atoms with Crippen LogP contribution in [-0.2, 0) is 0 Å². The van der Waals surface area contributed by atoms with E-state index in [9.17, 15) is 0 Å². The van der Waals surface area contributed by atoms with Crippen molar-refractivity contribution in [2.45, 2.75) is 29.7 Å². The zero-order valence-electron chi connectivity index (χ0n) is 12.0. The van der Waals surface area contributed by atoms with Gasteiger partial charge in [0.15, 0.2) is 0 Å². The Labute approximate surface area is 125 Å². The lowest BCUT2D eigenvalue weighted by Gasteiger charge is -2.31. The Morgan fingerprint density at radius 1 is 1.00 bits per heavy atom. The minimum atomic E-state index is -0.0285.